The number of nitrogens with one attached hydrogen (secondary N) is 2. The van der Waals surface area contributed by atoms with Crippen LogP contribution in [0.2, 0.25) is 10.2 Å². The fourth-order valence-electron chi connectivity index (χ4n) is 3.10. The summed E-state index contributed by atoms with van der Waals surface area (Å²) in [5.74, 6) is -0.179. The summed E-state index contributed by atoms with van der Waals surface area (Å²) in [6, 6.07) is 14.8. The second-order valence-electron chi connectivity index (χ2n) is 6.34. The molecule has 7 nitrogen and oxygen atoms in total. The number of aromatic nitrogens is 3. The van der Waals surface area contributed by atoms with Crippen molar-refractivity contribution in [3.8, 4) is 0 Å². The second kappa shape index (κ2) is 9.68. The number of carbonyl (C=O) groups is 1. The zero-order valence-electron chi connectivity index (χ0n) is 17.3. The maximum Gasteiger partial charge on any atom is 0.256 e. The number of fused-ring (bicyclic) bond motifs is 1. The molecule has 0 radical (unpaired) electrons. The molecule has 0 atom stereocenters. The van der Waals surface area contributed by atoms with Gasteiger partial charge in [0.1, 0.15) is 16.5 Å². The van der Waals surface area contributed by atoms with Crippen LogP contribution in [0, 0.1) is 0 Å². The number of hydrogen-bond donors (Lipinski definition) is 3. The Morgan fingerprint density at radius 3 is 2.65 bits per heavy atom. The summed E-state index contributed by atoms with van der Waals surface area (Å²) in [5, 5.41) is 12.0. The predicted molar refractivity (Wildman–Crippen MR) is 128 cm³/mol. The van der Waals surface area contributed by atoms with Gasteiger partial charge in [-0.05, 0) is 24.3 Å². The van der Waals surface area contributed by atoms with Gasteiger partial charge in [-0.3, -0.25) is 9.89 Å². The molecular formula is C22H22Cl2N6O. The topological polar surface area (TPSA) is 101 Å². The molecule has 9 heteroatoms. The number of hydrogen-bond acceptors (Lipinski definition) is 4. The molecule has 0 aliphatic carbocycles. The largest absolute Gasteiger partial charge is 0.365 e. The molecule has 31 heavy (non-hydrogen) atoms. The first-order valence-corrected chi connectivity index (χ1v) is 10.4. The van der Waals surface area contributed by atoms with Crippen LogP contribution in [0.25, 0.3) is 10.9 Å². The zero-order chi connectivity index (χ0) is 22.5. The number of amides is 1. The van der Waals surface area contributed by atoms with Crippen molar-refractivity contribution in [1.29, 1.82) is 0 Å². The van der Waals surface area contributed by atoms with E-state index in [9.17, 15) is 4.79 Å². The maximum atomic E-state index is 12.0. The summed E-state index contributed by atoms with van der Waals surface area (Å²) >= 11 is 12.5. The van der Waals surface area contributed by atoms with Gasteiger partial charge < -0.3 is 15.6 Å². The number of halogens is 2. The Labute approximate surface area is 189 Å². The summed E-state index contributed by atoms with van der Waals surface area (Å²) in [7, 11) is 1.87. The molecule has 4 aromatic rings. The van der Waals surface area contributed by atoms with Crippen LogP contribution >= 0.6 is 23.2 Å². The number of carbonyl (C=O) groups excluding carboxylic acids is 1. The van der Waals surface area contributed by atoms with Crippen molar-refractivity contribution in [1.82, 2.24) is 14.8 Å². The van der Waals surface area contributed by atoms with Gasteiger partial charge in [0.2, 0.25) is 0 Å². The number of benzene rings is 2. The van der Waals surface area contributed by atoms with E-state index < -0.39 is 5.91 Å². The summed E-state index contributed by atoms with van der Waals surface area (Å²) in [6.07, 6.45) is 1.58. The van der Waals surface area contributed by atoms with Crippen molar-refractivity contribution >= 4 is 63.5 Å². The minimum absolute atomic E-state index is 0.137. The molecule has 0 aliphatic rings. The van der Waals surface area contributed by atoms with Gasteiger partial charge in [-0.25, -0.2) is 4.99 Å². The third-order valence-corrected chi connectivity index (χ3v) is 5.17. The van der Waals surface area contributed by atoms with E-state index in [0.29, 0.717) is 21.7 Å². The lowest BCUT2D eigenvalue weighted by Crippen LogP contribution is -2.12. The SMILES string of the molecule is CC.Cn1c(Cl)c(C=Nc2n[nH]c(Nc3cccc(Cl)c3)c2C(N)=O)c2ccccc21. The number of aryl methyl sites for hydroxylation is 1. The zero-order valence-corrected chi connectivity index (χ0v) is 18.8. The lowest BCUT2D eigenvalue weighted by molar-refractivity contribution is 0.100. The molecule has 2 aromatic heterocycles. The van der Waals surface area contributed by atoms with E-state index in [2.05, 4.69) is 20.5 Å². The molecule has 0 saturated carbocycles. The van der Waals surface area contributed by atoms with Gasteiger partial charge in [0.05, 0.1) is 0 Å². The molecule has 2 aromatic carbocycles. The van der Waals surface area contributed by atoms with Crippen molar-refractivity contribution in [3.63, 3.8) is 0 Å². The number of primary amides is 1. The summed E-state index contributed by atoms with van der Waals surface area (Å²) in [6.45, 7) is 4.00. The molecular weight excluding hydrogens is 435 g/mol. The van der Waals surface area contributed by atoms with Gasteiger partial charge in [0, 0.05) is 40.4 Å². The Morgan fingerprint density at radius 1 is 1.19 bits per heavy atom. The van der Waals surface area contributed by atoms with Crippen LogP contribution in [0.15, 0.2) is 53.5 Å². The van der Waals surface area contributed by atoms with Crippen LogP contribution in [0.5, 0.6) is 0 Å². The van der Waals surface area contributed by atoms with E-state index in [-0.39, 0.29) is 11.4 Å². The highest BCUT2D eigenvalue weighted by Crippen LogP contribution is 2.30. The number of nitrogens with zero attached hydrogens (tertiary/aromatic N) is 3. The normalized spacial score (nSPS) is 10.9. The van der Waals surface area contributed by atoms with Crippen LogP contribution < -0.4 is 11.1 Å². The molecule has 0 saturated heterocycles. The molecule has 1 amide bonds. The number of rotatable bonds is 5. The quantitative estimate of drug-likeness (QED) is 0.329. The van der Waals surface area contributed by atoms with Gasteiger partial charge in [-0.15, -0.1) is 0 Å². The number of aliphatic imine (C=N–C) groups is 1. The minimum atomic E-state index is -0.667. The van der Waals surface area contributed by atoms with Crippen LogP contribution in [-0.4, -0.2) is 26.9 Å². The van der Waals surface area contributed by atoms with Gasteiger partial charge in [0.25, 0.3) is 5.91 Å². The second-order valence-corrected chi connectivity index (χ2v) is 7.13. The Kier molecular flexibility index (Phi) is 6.99. The molecule has 0 spiro atoms. The first-order valence-electron chi connectivity index (χ1n) is 9.63. The predicted octanol–water partition coefficient (Wildman–Crippen LogP) is 5.83. The van der Waals surface area contributed by atoms with Crippen molar-refractivity contribution in [3.05, 3.63) is 69.8 Å². The van der Waals surface area contributed by atoms with Crippen LogP contribution in [-0.2, 0) is 7.05 Å². The maximum absolute atomic E-state index is 12.0. The molecule has 2 heterocycles. The average molecular weight is 457 g/mol. The molecule has 0 bridgehead atoms. The van der Waals surface area contributed by atoms with Crippen molar-refractivity contribution in [2.45, 2.75) is 13.8 Å². The fraction of sp³-hybridized carbons (Fsp3) is 0.136. The molecule has 4 N–H and O–H groups in total. The van der Waals surface area contributed by atoms with E-state index in [1.54, 1.807) is 30.5 Å². The Bertz CT molecular complexity index is 1260. The van der Waals surface area contributed by atoms with E-state index in [0.717, 1.165) is 16.5 Å². The highest BCUT2D eigenvalue weighted by Gasteiger charge is 2.19. The first kappa shape index (κ1) is 22.4. The number of aromatic amines is 1. The Morgan fingerprint density at radius 2 is 1.94 bits per heavy atom. The van der Waals surface area contributed by atoms with E-state index in [1.807, 2.05) is 49.7 Å². The van der Waals surface area contributed by atoms with Crippen LogP contribution in [0.1, 0.15) is 29.8 Å². The third kappa shape index (κ3) is 4.57. The molecule has 4 rings (SSSR count). The first-order chi connectivity index (χ1) is 15.0. The van der Waals surface area contributed by atoms with Crippen molar-refractivity contribution in [2.75, 3.05) is 5.32 Å². The third-order valence-electron chi connectivity index (χ3n) is 4.48. The molecule has 0 fully saturated rings. The Balaban J connectivity index is 0.00000132. The molecule has 0 unspecified atom stereocenters. The van der Waals surface area contributed by atoms with E-state index in [1.165, 1.54) is 0 Å². The van der Waals surface area contributed by atoms with Crippen molar-refractivity contribution in [2.24, 2.45) is 17.8 Å². The van der Waals surface area contributed by atoms with Gasteiger partial charge >= 0.3 is 0 Å². The number of nitrogens with two attached hydrogens (primary N) is 1. The van der Waals surface area contributed by atoms with Gasteiger partial charge in [0.15, 0.2) is 5.82 Å². The summed E-state index contributed by atoms with van der Waals surface area (Å²) < 4.78 is 1.86. The lowest BCUT2D eigenvalue weighted by atomic mass is 10.2. The molecule has 0 aliphatic heterocycles. The van der Waals surface area contributed by atoms with Gasteiger partial charge in [-0.1, -0.05) is 61.3 Å². The smallest absolute Gasteiger partial charge is 0.256 e. The van der Waals surface area contributed by atoms with Crippen LogP contribution in [0.4, 0.5) is 17.3 Å². The highest BCUT2D eigenvalue weighted by molar-refractivity contribution is 6.34. The Hall–Kier alpha value is -3.29. The summed E-state index contributed by atoms with van der Waals surface area (Å²) in [5.41, 5.74) is 8.08. The standard InChI is InChI=1S/C20H16Cl2N6O.C2H6/c1-28-15-8-3-2-7-13(15)14(17(28)22)10-24-19-16(18(23)29)20(27-26-19)25-12-6-4-5-11(21)9-12;1-2/h2-10H,1H3,(H2,23,29)(H2,25,26,27);1-2H3. The van der Waals surface area contributed by atoms with E-state index in [4.69, 9.17) is 28.9 Å². The summed E-state index contributed by atoms with van der Waals surface area (Å²) in [4.78, 5) is 16.4. The average Bonchev–Trinajstić information content (AvgIpc) is 3.27. The van der Waals surface area contributed by atoms with Crippen LogP contribution in [0.3, 0.4) is 0 Å². The fourth-order valence-corrected chi connectivity index (χ4v) is 3.53. The number of H-pyrrole nitrogens is 1. The number of anilines is 2. The van der Waals surface area contributed by atoms with E-state index >= 15 is 0 Å². The van der Waals surface area contributed by atoms with Crippen molar-refractivity contribution < 1.29 is 4.79 Å². The number of para-hydroxylation sites is 1. The highest BCUT2D eigenvalue weighted by atomic mass is 35.5. The molecule has 160 valence electrons. The van der Waals surface area contributed by atoms with Gasteiger partial charge in [-0.2, -0.15) is 5.10 Å². The monoisotopic (exact) mass is 456 g/mol. The minimum Gasteiger partial charge on any atom is -0.365 e. The lowest BCUT2D eigenvalue weighted by Gasteiger charge is -2.05.